The Morgan fingerprint density at radius 1 is 1.25 bits per heavy atom. The second-order valence-electron chi connectivity index (χ2n) is 5.06. The lowest BCUT2D eigenvalue weighted by Crippen LogP contribution is -2.38. The Kier molecular flexibility index (Phi) is 4.68. The van der Waals surface area contributed by atoms with Gasteiger partial charge >= 0.3 is 5.97 Å². The van der Waals surface area contributed by atoms with E-state index in [4.69, 9.17) is 5.11 Å². The number of amides is 1. The van der Waals surface area contributed by atoms with Gasteiger partial charge in [0.2, 0.25) is 5.91 Å². The monoisotopic (exact) mass is 280 g/mol. The lowest BCUT2D eigenvalue weighted by molar-refractivity contribution is -0.138. The molecule has 20 heavy (non-hydrogen) atoms. The van der Waals surface area contributed by atoms with Gasteiger partial charge in [0, 0.05) is 12.2 Å². The number of anilines is 1. The molecular weight excluding hydrogens is 263 g/mol. The van der Waals surface area contributed by atoms with Gasteiger partial charge in [-0.1, -0.05) is 0 Å². The van der Waals surface area contributed by atoms with Gasteiger partial charge in [0.15, 0.2) is 0 Å². The van der Waals surface area contributed by atoms with Crippen molar-refractivity contribution in [1.29, 1.82) is 0 Å². The summed E-state index contributed by atoms with van der Waals surface area (Å²) in [5, 5.41) is 11.5. The summed E-state index contributed by atoms with van der Waals surface area (Å²) in [6.45, 7) is 0.511. The first kappa shape index (κ1) is 14.5. The van der Waals surface area contributed by atoms with Crippen molar-refractivity contribution in [2.75, 3.05) is 25.0 Å². The molecule has 0 radical (unpaired) electrons. The molecule has 0 heterocycles. The average molecular weight is 280 g/mol. The van der Waals surface area contributed by atoms with Crippen molar-refractivity contribution in [2.45, 2.75) is 12.8 Å². The molecule has 0 spiro atoms. The van der Waals surface area contributed by atoms with E-state index in [0.717, 1.165) is 12.8 Å². The van der Waals surface area contributed by atoms with E-state index in [2.05, 4.69) is 5.32 Å². The number of aliphatic carboxylic acids is 1. The van der Waals surface area contributed by atoms with Gasteiger partial charge < -0.3 is 10.4 Å². The summed E-state index contributed by atoms with van der Waals surface area (Å²) >= 11 is 0. The molecule has 1 fully saturated rings. The molecule has 0 bridgehead atoms. The molecule has 0 atom stereocenters. The molecule has 0 unspecified atom stereocenters. The Hall–Kier alpha value is -1.95. The molecule has 0 saturated heterocycles. The van der Waals surface area contributed by atoms with Crippen LogP contribution in [-0.2, 0) is 9.59 Å². The highest BCUT2D eigenvalue weighted by molar-refractivity contribution is 5.92. The third-order valence-corrected chi connectivity index (χ3v) is 3.07. The number of nitrogens with zero attached hydrogens (tertiary/aromatic N) is 1. The molecule has 108 valence electrons. The van der Waals surface area contributed by atoms with Crippen LogP contribution in [0.5, 0.6) is 0 Å². The largest absolute Gasteiger partial charge is 0.480 e. The summed E-state index contributed by atoms with van der Waals surface area (Å²) < 4.78 is 12.7. The summed E-state index contributed by atoms with van der Waals surface area (Å²) in [4.78, 5) is 24.2. The predicted molar refractivity (Wildman–Crippen MR) is 71.8 cm³/mol. The summed E-state index contributed by atoms with van der Waals surface area (Å²) in [6.07, 6.45) is 2.19. The van der Waals surface area contributed by atoms with Gasteiger partial charge in [-0.05, 0) is 43.0 Å². The number of carboxylic acid groups (broad SMARTS) is 1. The lowest BCUT2D eigenvalue weighted by Gasteiger charge is -2.19. The quantitative estimate of drug-likeness (QED) is 0.795. The smallest absolute Gasteiger partial charge is 0.317 e. The lowest BCUT2D eigenvalue weighted by atomic mass is 10.3. The first-order valence-corrected chi connectivity index (χ1v) is 6.52. The van der Waals surface area contributed by atoms with Crippen LogP contribution in [-0.4, -0.2) is 41.5 Å². The number of benzene rings is 1. The van der Waals surface area contributed by atoms with Crippen LogP contribution < -0.4 is 5.32 Å². The SMILES string of the molecule is O=C(O)CN(CC(=O)Nc1ccc(F)cc1)CC1CC1. The molecule has 6 heteroatoms. The maximum atomic E-state index is 12.7. The van der Waals surface area contributed by atoms with Crippen molar-refractivity contribution in [2.24, 2.45) is 5.92 Å². The number of hydrogen-bond donors (Lipinski definition) is 2. The molecular formula is C14H17FN2O3. The maximum absolute atomic E-state index is 12.7. The topological polar surface area (TPSA) is 69.6 Å². The molecule has 1 amide bonds. The average Bonchev–Trinajstić information content (AvgIpc) is 3.15. The summed E-state index contributed by atoms with van der Waals surface area (Å²) in [7, 11) is 0. The third-order valence-electron chi connectivity index (χ3n) is 3.07. The number of nitrogens with one attached hydrogen (secondary N) is 1. The van der Waals surface area contributed by atoms with Crippen molar-refractivity contribution in [1.82, 2.24) is 4.90 Å². The van der Waals surface area contributed by atoms with Gasteiger partial charge in [-0.3, -0.25) is 14.5 Å². The second kappa shape index (κ2) is 6.47. The molecule has 5 nitrogen and oxygen atoms in total. The molecule has 0 aromatic heterocycles. The number of hydrogen-bond acceptors (Lipinski definition) is 3. The zero-order chi connectivity index (χ0) is 14.5. The Morgan fingerprint density at radius 3 is 2.45 bits per heavy atom. The van der Waals surface area contributed by atoms with Crippen molar-refractivity contribution >= 4 is 17.6 Å². The highest BCUT2D eigenvalue weighted by atomic mass is 19.1. The first-order chi connectivity index (χ1) is 9.52. The zero-order valence-corrected chi connectivity index (χ0v) is 11.0. The van der Waals surface area contributed by atoms with Crippen LogP contribution in [0.1, 0.15) is 12.8 Å². The number of rotatable bonds is 7. The Balaban J connectivity index is 1.86. The van der Waals surface area contributed by atoms with Crippen molar-refractivity contribution < 1.29 is 19.1 Å². The summed E-state index contributed by atoms with van der Waals surface area (Å²) in [5.41, 5.74) is 0.498. The minimum absolute atomic E-state index is 0.0280. The Bertz CT molecular complexity index is 486. The van der Waals surface area contributed by atoms with Gasteiger partial charge in [-0.25, -0.2) is 4.39 Å². The van der Waals surface area contributed by atoms with Gasteiger partial charge in [0.1, 0.15) is 5.82 Å². The normalized spacial score (nSPS) is 14.3. The van der Waals surface area contributed by atoms with Crippen LogP contribution in [0.4, 0.5) is 10.1 Å². The Labute approximate surface area is 116 Å². The van der Waals surface area contributed by atoms with E-state index in [9.17, 15) is 14.0 Å². The molecule has 1 saturated carbocycles. The summed E-state index contributed by atoms with van der Waals surface area (Å²) in [6, 6.07) is 5.45. The van der Waals surface area contributed by atoms with Crippen LogP contribution in [0.2, 0.25) is 0 Å². The maximum Gasteiger partial charge on any atom is 0.317 e. The van der Waals surface area contributed by atoms with E-state index in [1.54, 1.807) is 4.90 Å². The van der Waals surface area contributed by atoms with E-state index in [1.807, 2.05) is 0 Å². The molecule has 2 N–H and O–H groups in total. The molecule has 1 aromatic rings. The standard InChI is InChI=1S/C14H17FN2O3/c15-11-3-5-12(6-4-11)16-13(18)8-17(9-14(19)20)7-10-1-2-10/h3-6,10H,1-2,7-9H2,(H,16,18)(H,19,20). The molecule has 2 rings (SSSR count). The minimum Gasteiger partial charge on any atom is -0.480 e. The van der Waals surface area contributed by atoms with Crippen LogP contribution in [0, 0.1) is 11.7 Å². The highest BCUT2D eigenvalue weighted by Crippen LogP contribution is 2.29. The fourth-order valence-corrected chi connectivity index (χ4v) is 1.98. The van der Waals surface area contributed by atoms with Crippen molar-refractivity contribution in [3.8, 4) is 0 Å². The van der Waals surface area contributed by atoms with Crippen molar-refractivity contribution in [3.05, 3.63) is 30.1 Å². The molecule has 1 aromatic carbocycles. The third kappa shape index (κ3) is 4.97. The molecule has 1 aliphatic rings. The van der Waals surface area contributed by atoms with Crippen LogP contribution in [0.3, 0.4) is 0 Å². The van der Waals surface area contributed by atoms with Crippen LogP contribution in [0.15, 0.2) is 24.3 Å². The van der Waals surface area contributed by atoms with E-state index in [1.165, 1.54) is 24.3 Å². The predicted octanol–water partition coefficient (Wildman–Crippen LogP) is 1.56. The first-order valence-electron chi connectivity index (χ1n) is 6.52. The van der Waals surface area contributed by atoms with Gasteiger partial charge in [-0.2, -0.15) is 0 Å². The van der Waals surface area contributed by atoms with Crippen molar-refractivity contribution in [3.63, 3.8) is 0 Å². The minimum atomic E-state index is -0.944. The number of carbonyl (C=O) groups is 2. The van der Waals surface area contributed by atoms with E-state index in [0.29, 0.717) is 18.2 Å². The molecule has 1 aliphatic carbocycles. The van der Waals surface area contributed by atoms with Gasteiger partial charge in [-0.15, -0.1) is 0 Å². The molecule has 0 aliphatic heterocycles. The number of carbonyl (C=O) groups excluding carboxylic acids is 1. The van der Waals surface area contributed by atoms with E-state index < -0.39 is 5.97 Å². The second-order valence-corrected chi connectivity index (χ2v) is 5.06. The van der Waals surface area contributed by atoms with Crippen LogP contribution >= 0.6 is 0 Å². The number of carboxylic acids is 1. The van der Waals surface area contributed by atoms with Crippen LogP contribution in [0.25, 0.3) is 0 Å². The van der Waals surface area contributed by atoms with E-state index in [-0.39, 0.29) is 24.8 Å². The van der Waals surface area contributed by atoms with E-state index >= 15 is 0 Å². The number of halogens is 1. The summed E-state index contributed by atoms with van der Waals surface area (Å²) in [5.74, 6) is -1.10. The zero-order valence-electron chi connectivity index (χ0n) is 11.0. The van der Waals surface area contributed by atoms with Gasteiger partial charge in [0.25, 0.3) is 0 Å². The Morgan fingerprint density at radius 2 is 1.90 bits per heavy atom. The fraction of sp³-hybridized carbons (Fsp3) is 0.429. The fourth-order valence-electron chi connectivity index (χ4n) is 1.98. The highest BCUT2D eigenvalue weighted by Gasteiger charge is 2.26. The van der Waals surface area contributed by atoms with Gasteiger partial charge in [0.05, 0.1) is 13.1 Å².